The summed E-state index contributed by atoms with van der Waals surface area (Å²) in [7, 11) is 0. The molecule has 5 unspecified atom stereocenters. The van der Waals surface area contributed by atoms with Crippen LogP contribution in [0.4, 0.5) is 0 Å². The molecule has 1 saturated heterocycles. The summed E-state index contributed by atoms with van der Waals surface area (Å²) in [5.74, 6) is 0.588. The highest BCUT2D eigenvalue weighted by molar-refractivity contribution is 5.81. The van der Waals surface area contributed by atoms with E-state index in [1.807, 2.05) is 0 Å². The van der Waals surface area contributed by atoms with Crippen molar-refractivity contribution < 1.29 is 0 Å². The fourth-order valence-electron chi connectivity index (χ4n) is 5.15. The monoisotopic (exact) mass is 334 g/mol. The molecule has 132 valence electrons. The van der Waals surface area contributed by atoms with Gasteiger partial charge in [0.1, 0.15) is 0 Å². The number of rotatable bonds is 3. The molecule has 3 aliphatic heterocycles. The van der Waals surface area contributed by atoms with Gasteiger partial charge < -0.3 is 5.32 Å². The summed E-state index contributed by atoms with van der Waals surface area (Å²) in [5, 5.41) is 3.89. The van der Waals surface area contributed by atoms with Crippen LogP contribution in [-0.4, -0.2) is 18.3 Å². The standard InChI is InChI=1S/C23H30N2/c1-14(2)11-21-18-9-10-20(25-21)17-7-6-8-19(22(17)18)23(5)13-24-16(4)12-15(23)3/h6-8,12-13,16,18,20-21,25H,1,9-11H2,2-5H3. The largest absolute Gasteiger partial charge is 0.306 e. The van der Waals surface area contributed by atoms with Gasteiger partial charge in [0.25, 0.3) is 0 Å². The number of hydrogen-bond acceptors (Lipinski definition) is 2. The average Bonchev–Trinajstić information content (AvgIpc) is 2.58. The molecule has 5 rings (SSSR count). The van der Waals surface area contributed by atoms with Crippen LogP contribution in [-0.2, 0) is 5.41 Å². The van der Waals surface area contributed by atoms with Crippen LogP contribution in [0, 0.1) is 0 Å². The maximum atomic E-state index is 4.76. The lowest BCUT2D eigenvalue weighted by Crippen LogP contribution is -2.48. The van der Waals surface area contributed by atoms with Crippen LogP contribution in [0.1, 0.15) is 75.6 Å². The Morgan fingerprint density at radius 2 is 2.16 bits per heavy atom. The van der Waals surface area contributed by atoms with E-state index in [0.717, 1.165) is 6.42 Å². The normalized spacial score (nSPS) is 36.1. The van der Waals surface area contributed by atoms with E-state index in [1.165, 1.54) is 35.1 Å². The molecule has 5 atom stereocenters. The van der Waals surface area contributed by atoms with Crippen molar-refractivity contribution in [2.45, 2.75) is 76.4 Å². The van der Waals surface area contributed by atoms with Crippen molar-refractivity contribution in [2.24, 2.45) is 4.99 Å². The van der Waals surface area contributed by atoms with Crippen molar-refractivity contribution in [2.75, 3.05) is 0 Å². The summed E-state index contributed by atoms with van der Waals surface area (Å²) in [5.41, 5.74) is 7.21. The maximum absolute atomic E-state index is 4.76. The Bertz CT molecular complexity index is 772. The average molecular weight is 335 g/mol. The summed E-state index contributed by atoms with van der Waals surface area (Å²) in [4.78, 5) is 4.76. The highest BCUT2D eigenvalue weighted by Gasteiger charge is 2.43. The molecule has 1 aliphatic carbocycles. The van der Waals surface area contributed by atoms with E-state index in [9.17, 15) is 0 Å². The quantitative estimate of drug-likeness (QED) is 0.753. The second-order valence-corrected chi connectivity index (χ2v) is 8.55. The predicted octanol–water partition coefficient (Wildman–Crippen LogP) is 5.22. The molecule has 2 heteroatoms. The Morgan fingerprint density at radius 3 is 2.88 bits per heavy atom. The smallest absolute Gasteiger partial charge is 0.0651 e. The predicted molar refractivity (Wildman–Crippen MR) is 107 cm³/mol. The van der Waals surface area contributed by atoms with Gasteiger partial charge in [-0.25, -0.2) is 0 Å². The van der Waals surface area contributed by atoms with Gasteiger partial charge in [0.2, 0.25) is 0 Å². The van der Waals surface area contributed by atoms with Crippen molar-refractivity contribution in [1.29, 1.82) is 0 Å². The molecular formula is C23H30N2. The second-order valence-electron chi connectivity index (χ2n) is 8.55. The van der Waals surface area contributed by atoms with Gasteiger partial charge in [0.05, 0.1) is 6.04 Å². The molecule has 2 bridgehead atoms. The summed E-state index contributed by atoms with van der Waals surface area (Å²) >= 11 is 0. The maximum Gasteiger partial charge on any atom is 0.0651 e. The van der Waals surface area contributed by atoms with Gasteiger partial charge in [-0.1, -0.05) is 35.4 Å². The Kier molecular flexibility index (Phi) is 3.99. The molecule has 1 N–H and O–H groups in total. The zero-order valence-electron chi connectivity index (χ0n) is 16.0. The summed E-state index contributed by atoms with van der Waals surface area (Å²) in [6.07, 6.45) is 8.14. The zero-order chi connectivity index (χ0) is 17.8. The minimum Gasteiger partial charge on any atom is -0.306 e. The number of aliphatic imine (C=N–C) groups is 1. The number of piperidine rings is 1. The Balaban J connectivity index is 1.84. The van der Waals surface area contributed by atoms with Crippen molar-refractivity contribution >= 4 is 6.21 Å². The van der Waals surface area contributed by atoms with Crippen LogP contribution in [0.25, 0.3) is 0 Å². The van der Waals surface area contributed by atoms with E-state index in [-0.39, 0.29) is 5.41 Å². The van der Waals surface area contributed by atoms with Crippen molar-refractivity contribution in [3.05, 3.63) is 58.7 Å². The highest BCUT2D eigenvalue weighted by Crippen LogP contribution is 2.50. The van der Waals surface area contributed by atoms with E-state index < -0.39 is 0 Å². The van der Waals surface area contributed by atoms with Crippen LogP contribution < -0.4 is 5.32 Å². The molecule has 0 spiro atoms. The summed E-state index contributed by atoms with van der Waals surface area (Å²) < 4.78 is 0. The van der Waals surface area contributed by atoms with Gasteiger partial charge in [-0.2, -0.15) is 0 Å². The number of fused-ring (bicyclic) bond motifs is 2. The molecule has 4 aliphatic rings. The Labute approximate surface area is 152 Å². The first-order chi connectivity index (χ1) is 11.9. The number of nitrogens with one attached hydrogen (secondary N) is 1. The molecular weight excluding hydrogens is 304 g/mol. The fourth-order valence-corrected chi connectivity index (χ4v) is 5.15. The van der Waals surface area contributed by atoms with E-state index in [0.29, 0.717) is 24.0 Å². The lowest BCUT2D eigenvalue weighted by Gasteiger charge is -2.48. The van der Waals surface area contributed by atoms with Gasteiger partial charge in [-0.15, -0.1) is 6.58 Å². The van der Waals surface area contributed by atoms with Crippen LogP contribution in [0.5, 0.6) is 0 Å². The molecule has 0 saturated carbocycles. The summed E-state index contributed by atoms with van der Waals surface area (Å²) in [6.45, 7) is 13.1. The molecule has 2 nitrogen and oxygen atoms in total. The topological polar surface area (TPSA) is 24.4 Å². The fraction of sp³-hybridized carbons (Fsp3) is 0.522. The first-order valence-electron chi connectivity index (χ1n) is 9.67. The van der Waals surface area contributed by atoms with Gasteiger partial charge in [-0.3, -0.25) is 4.99 Å². The number of dihydropyridines is 1. The summed E-state index contributed by atoms with van der Waals surface area (Å²) in [6, 6.07) is 8.24. The second kappa shape index (κ2) is 5.95. The van der Waals surface area contributed by atoms with Crippen molar-refractivity contribution in [3.63, 3.8) is 0 Å². The van der Waals surface area contributed by atoms with Crippen molar-refractivity contribution in [1.82, 2.24) is 5.32 Å². The molecule has 1 aromatic rings. The van der Waals surface area contributed by atoms with E-state index in [1.54, 1.807) is 5.56 Å². The Morgan fingerprint density at radius 1 is 1.36 bits per heavy atom. The molecule has 0 aromatic heterocycles. The van der Waals surface area contributed by atoms with E-state index in [2.05, 4.69) is 70.1 Å². The molecule has 25 heavy (non-hydrogen) atoms. The SMILES string of the molecule is C=C(C)CC1NC2CCC1c1c2cccc1C1(C)C=NC(C)C=C1C. The minimum absolute atomic E-state index is 0.0803. The lowest BCUT2D eigenvalue weighted by atomic mass is 9.64. The number of hydrogen-bond donors (Lipinski definition) is 1. The van der Waals surface area contributed by atoms with E-state index in [4.69, 9.17) is 4.99 Å². The number of nitrogens with zero attached hydrogens (tertiary/aromatic N) is 1. The third-order valence-corrected chi connectivity index (χ3v) is 6.56. The van der Waals surface area contributed by atoms with E-state index >= 15 is 0 Å². The number of allylic oxidation sites excluding steroid dienone is 1. The molecule has 1 aromatic carbocycles. The molecule has 3 heterocycles. The first kappa shape index (κ1) is 16.8. The first-order valence-corrected chi connectivity index (χ1v) is 9.67. The third kappa shape index (κ3) is 2.62. The lowest BCUT2D eigenvalue weighted by molar-refractivity contribution is 0.253. The third-order valence-electron chi connectivity index (χ3n) is 6.56. The van der Waals surface area contributed by atoms with Crippen LogP contribution in [0.2, 0.25) is 0 Å². The van der Waals surface area contributed by atoms with Gasteiger partial charge in [0.15, 0.2) is 0 Å². The van der Waals surface area contributed by atoms with Crippen LogP contribution in [0.15, 0.2) is 47.0 Å². The minimum atomic E-state index is -0.0803. The van der Waals surface area contributed by atoms with Crippen molar-refractivity contribution in [3.8, 4) is 0 Å². The van der Waals surface area contributed by atoms with Crippen LogP contribution in [0.3, 0.4) is 0 Å². The zero-order valence-corrected chi connectivity index (χ0v) is 16.0. The molecule has 0 amide bonds. The highest BCUT2D eigenvalue weighted by atomic mass is 15.0. The molecule has 0 radical (unpaired) electrons. The van der Waals surface area contributed by atoms with Crippen LogP contribution >= 0.6 is 0 Å². The van der Waals surface area contributed by atoms with Gasteiger partial charge in [-0.05, 0) is 63.6 Å². The van der Waals surface area contributed by atoms with Gasteiger partial charge in [0, 0.05) is 29.6 Å². The molecule has 1 fully saturated rings. The van der Waals surface area contributed by atoms with Gasteiger partial charge >= 0.3 is 0 Å². The Hall–Kier alpha value is -1.67. The number of benzene rings is 1.